The zero-order chi connectivity index (χ0) is 20.2. The van der Waals surface area contributed by atoms with Crippen LogP contribution in [0.2, 0.25) is 0 Å². The Labute approximate surface area is 172 Å². The van der Waals surface area contributed by atoms with Gasteiger partial charge in [0.1, 0.15) is 32.4 Å². The first-order valence-corrected chi connectivity index (χ1v) is 7.48. The molecule has 6 nitrogen and oxygen atoms in total. The second kappa shape index (κ2) is 16.5. The Morgan fingerprint density at radius 2 is 0.640 bits per heavy atom. The molecule has 0 aliphatic rings. The predicted octanol–water partition coefficient (Wildman–Crippen LogP) is 4.81. The minimum Gasteiger partial charge on any atom is -0.511 e. The molecule has 0 aliphatic carbocycles. The fraction of sp³-hybridized carbons (Fsp3) is 0.400. The van der Waals surface area contributed by atoms with Gasteiger partial charge < -0.3 is 15.3 Å². The number of rotatable bonds is 3. The Balaban J connectivity index is -0.000000130. The Hall–Kier alpha value is -0.968. The van der Waals surface area contributed by atoms with Crippen LogP contribution in [-0.4, -0.2) is 32.7 Å². The molecule has 0 saturated heterocycles. The monoisotopic (exact) mass is 454 g/mol. The van der Waals surface area contributed by atoms with Crippen molar-refractivity contribution in [1.29, 1.82) is 0 Å². The van der Waals surface area contributed by atoms with Crippen LogP contribution in [0, 0.1) is 0 Å². The van der Waals surface area contributed by atoms with E-state index in [0.717, 1.165) is 0 Å². The van der Waals surface area contributed by atoms with Crippen LogP contribution in [0.5, 0.6) is 0 Å². The standard InChI is InChI=1S/3C5H7ClO2.Cr/c3*1-3(7)5(6)4(2)8;/h3*7H,1-2H3;. The number of Topliss-reactive ketones (excluding diaryl/α,β-unsaturated/α-hetero) is 3. The zero-order valence-electron chi connectivity index (χ0n) is 14.6. The van der Waals surface area contributed by atoms with E-state index in [1.54, 1.807) is 0 Å². The maximum Gasteiger partial charge on any atom is 0.174 e. The van der Waals surface area contributed by atoms with E-state index in [2.05, 4.69) is 0 Å². The molecule has 0 radical (unpaired) electrons. The normalized spacial score (nSPS) is 12.4. The van der Waals surface area contributed by atoms with Crippen molar-refractivity contribution in [3.05, 3.63) is 32.4 Å². The fourth-order valence-corrected chi connectivity index (χ4v) is 0.764. The van der Waals surface area contributed by atoms with Gasteiger partial charge in [-0.1, -0.05) is 34.8 Å². The van der Waals surface area contributed by atoms with Gasteiger partial charge in [0.2, 0.25) is 0 Å². The summed E-state index contributed by atoms with van der Waals surface area (Å²) in [7, 11) is 0. The van der Waals surface area contributed by atoms with E-state index in [1.807, 2.05) is 0 Å². The Kier molecular flexibility index (Phi) is 21.0. The number of halogens is 3. The average Bonchev–Trinajstić information content (AvgIpc) is 2.45. The number of hydrogen-bond donors (Lipinski definition) is 3. The molecule has 0 aromatic carbocycles. The summed E-state index contributed by atoms with van der Waals surface area (Å²) < 4.78 is 0. The van der Waals surface area contributed by atoms with Gasteiger partial charge in [-0.15, -0.1) is 0 Å². The molecule has 25 heavy (non-hydrogen) atoms. The van der Waals surface area contributed by atoms with Crippen LogP contribution in [0.3, 0.4) is 0 Å². The Morgan fingerprint density at radius 1 is 0.520 bits per heavy atom. The third kappa shape index (κ3) is 19.2. The van der Waals surface area contributed by atoms with Gasteiger partial charge in [-0.2, -0.15) is 0 Å². The number of allylic oxidation sites excluding steroid dienone is 6. The molecule has 0 heterocycles. The first kappa shape index (κ1) is 31.8. The van der Waals surface area contributed by atoms with Crippen molar-refractivity contribution in [3.63, 3.8) is 0 Å². The second-order valence-electron chi connectivity index (χ2n) is 4.37. The van der Waals surface area contributed by atoms with E-state index in [4.69, 9.17) is 50.1 Å². The molecule has 0 aliphatic heterocycles. The number of aliphatic hydroxyl groups is 3. The van der Waals surface area contributed by atoms with Crippen LogP contribution in [0.25, 0.3) is 0 Å². The van der Waals surface area contributed by atoms with Gasteiger partial charge in [-0.3, -0.25) is 14.4 Å². The molecule has 0 bridgehead atoms. The summed E-state index contributed by atoms with van der Waals surface area (Å²) in [6, 6.07) is 0. The minimum atomic E-state index is -0.313. The first-order valence-electron chi connectivity index (χ1n) is 6.35. The van der Waals surface area contributed by atoms with Gasteiger partial charge >= 0.3 is 0 Å². The molecule has 0 unspecified atom stereocenters. The smallest absolute Gasteiger partial charge is 0.174 e. The van der Waals surface area contributed by atoms with E-state index in [9.17, 15) is 14.4 Å². The SMILES string of the molecule is CC(=O)C(Cl)=C(C)O.CC(=O)C(Cl)=C(C)O.CC(=O)C(Cl)=C(C)O.[Cr]. The summed E-state index contributed by atoms with van der Waals surface area (Å²) in [6.07, 6.45) is 0. The van der Waals surface area contributed by atoms with Crippen molar-refractivity contribution in [2.45, 2.75) is 41.5 Å². The summed E-state index contributed by atoms with van der Waals surface area (Å²) in [6.45, 7) is 7.98. The van der Waals surface area contributed by atoms with E-state index in [1.165, 1.54) is 41.5 Å². The molecule has 144 valence electrons. The summed E-state index contributed by atoms with van der Waals surface area (Å²) in [5.41, 5.74) is 0. The van der Waals surface area contributed by atoms with Crippen molar-refractivity contribution in [1.82, 2.24) is 0 Å². The van der Waals surface area contributed by atoms with Gasteiger partial charge in [-0.05, 0) is 20.8 Å². The van der Waals surface area contributed by atoms with Crippen LogP contribution < -0.4 is 0 Å². The number of carbonyl (C=O) groups excluding carboxylic acids is 3. The predicted molar refractivity (Wildman–Crippen MR) is 95.6 cm³/mol. The molecule has 10 heteroatoms. The first-order chi connectivity index (χ1) is 10.7. The van der Waals surface area contributed by atoms with Gasteiger partial charge in [-0.25, -0.2) is 0 Å². The van der Waals surface area contributed by atoms with E-state index in [0.29, 0.717) is 0 Å². The average molecular weight is 456 g/mol. The quantitative estimate of drug-likeness (QED) is 0.416. The number of hydrogen-bond acceptors (Lipinski definition) is 6. The number of aliphatic hydroxyl groups excluding tert-OH is 3. The topological polar surface area (TPSA) is 112 Å². The van der Waals surface area contributed by atoms with E-state index in [-0.39, 0.29) is 67.1 Å². The van der Waals surface area contributed by atoms with Crippen LogP contribution in [0.15, 0.2) is 32.4 Å². The van der Waals surface area contributed by atoms with Crippen molar-refractivity contribution >= 4 is 52.2 Å². The molecule has 0 spiro atoms. The Bertz CT molecular complexity index is 487. The molecule has 0 amide bonds. The maximum absolute atomic E-state index is 10.2. The minimum absolute atomic E-state index is 0. The zero-order valence-corrected chi connectivity index (χ0v) is 18.2. The second-order valence-corrected chi connectivity index (χ2v) is 5.50. The fourth-order valence-electron chi connectivity index (χ4n) is 0.764. The molecule has 0 saturated carbocycles. The van der Waals surface area contributed by atoms with Gasteiger partial charge in [0.25, 0.3) is 0 Å². The van der Waals surface area contributed by atoms with Crippen LogP contribution in [-0.2, 0) is 31.7 Å². The molecule has 0 aromatic rings. The van der Waals surface area contributed by atoms with Crippen LogP contribution in [0.4, 0.5) is 0 Å². The maximum atomic E-state index is 10.2. The number of ketones is 3. The summed E-state index contributed by atoms with van der Waals surface area (Å²) >= 11 is 15.7. The van der Waals surface area contributed by atoms with Crippen LogP contribution >= 0.6 is 34.8 Å². The number of carbonyl (C=O) groups is 3. The summed E-state index contributed by atoms with van der Waals surface area (Å²) in [5.74, 6) is -1.32. The third-order valence-corrected chi connectivity index (χ3v) is 3.50. The van der Waals surface area contributed by atoms with Gasteiger partial charge in [0.05, 0.1) is 0 Å². The van der Waals surface area contributed by atoms with E-state index < -0.39 is 0 Å². The molecule has 3 N–H and O–H groups in total. The molecule has 0 aromatic heterocycles. The van der Waals surface area contributed by atoms with Crippen molar-refractivity contribution < 1.29 is 47.1 Å². The third-order valence-electron chi connectivity index (χ3n) is 1.88. The van der Waals surface area contributed by atoms with E-state index >= 15 is 0 Å². The molecular formula is C15H21Cl3CrO6. The molecular weight excluding hydrogens is 435 g/mol. The summed E-state index contributed by atoms with van der Waals surface area (Å²) in [4.78, 5) is 30.7. The molecule has 0 fully saturated rings. The van der Waals surface area contributed by atoms with Gasteiger partial charge in [0, 0.05) is 38.1 Å². The molecule has 0 atom stereocenters. The molecule has 0 rings (SSSR count). The largest absolute Gasteiger partial charge is 0.511 e. The summed E-state index contributed by atoms with van der Waals surface area (Å²) in [5, 5.41) is 25.3. The van der Waals surface area contributed by atoms with Crippen molar-refractivity contribution in [3.8, 4) is 0 Å². The van der Waals surface area contributed by atoms with Crippen molar-refractivity contribution in [2.75, 3.05) is 0 Å². The van der Waals surface area contributed by atoms with Crippen molar-refractivity contribution in [2.24, 2.45) is 0 Å². The van der Waals surface area contributed by atoms with Crippen LogP contribution in [0.1, 0.15) is 41.5 Å². The Morgan fingerprint density at radius 3 is 0.640 bits per heavy atom. The van der Waals surface area contributed by atoms with Gasteiger partial charge in [0.15, 0.2) is 17.3 Å².